The monoisotopic (exact) mass is 110 g/mol. The van der Waals surface area contributed by atoms with E-state index >= 15 is 0 Å². The van der Waals surface area contributed by atoms with Gasteiger partial charge >= 0.3 is 0 Å². The Balaban J connectivity index is 3.26. The number of hydrogen-bond donors (Lipinski definition) is 1. The number of allylic oxidation sites excluding steroid dienone is 1. The van der Waals surface area contributed by atoms with Crippen molar-refractivity contribution >= 4 is 0 Å². The van der Waals surface area contributed by atoms with E-state index in [2.05, 4.69) is 11.8 Å². The quantitative estimate of drug-likeness (QED) is 0.498. The molecule has 0 spiro atoms. The van der Waals surface area contributed by atoms with Gasteiger partial charge in [0, 0.05) is 6.42 Å². The van der Waals surface area contributed by atoms with Gasteiger partial charge in [0.05, 0.1) is 6.61 Å². The zero-order chi connectivity index (χ0) is 6.24. The molecule has 1 nitrogen and oxygen atoms in total. The second-order valence-electron chi connectivity index (χ2n) is 1.26. The van der Waals surface area contributed by atoms with Crippen LogP contribution in [0.2, 0.25) is 0 Å². The number of aliphatic hydroxyl groups is 1. The lowest BCUT2D eigenvalue weighted by Gasteiger charge is -1.69. The molecule has 0 aliphatic heterocycles. The Bertz CT molecular complexity index is 114. The van der Waals surface area contributed by atoms with Gasteiger partial charge in [0.25, 0.3) is 0 Å². The van der Waals surface area contributed by atoms with Crippen LogP contribution in [0.25, 0.3) is 0 Å². The Hall–Kier alpha value is -0.740. The molecule has 0 unspecified atom stereocenters. The smallest absolute Gasteiger partial charge is 0.0621 e. The third kappa shape index (κ3) is 5.26. The second kappa shape index (κ2) is 6.26. The van der Waals surface area contributed by atoms with Crippen molar-refractivity contribution < 1.29 is 5.11 Å². The molecular weight excluding hydrogens is 100 g/mol. The number of aliphatic hydroxyl groups excluding tert-OH is 1. The minimum atomic E-state index is 0.0817. The Morgan fingerprint density at radius 3 is 2.88 bits per heavy atom. The Morgan fingerprint density at radius 2 is 2.38 bits per heavy atom. The SMILES string of the molecule is CCC#CC=CCO. The summed E-state index contributed by atoms with van der Waals surface area (Å²) in [6, 6.07) is 0. The standard InChI is InChI=1S/C7H10O/c1-2-3-4-5-6-7-8/h5-6,8H,2,7H2,1H3. The average molecular weight is 110 g/mol. The molecule has 0 saturated heterocycles. The molecule has 0 saturated carbocycles. The van der Waals surface area contributed by atoms with Crippen molar-refractivity contribution in [2.75, 3.05) is 6.61 Å². The summed E-state index contributed by atoms with van der Waals surface area (Å²) in [5.74, 6) is 5.58. The highest BCUT2D eigenvalue weighted by Crippen LogP contribution is 1.69. The molecule has 0 atom stereocenters. The molecule has 44 valence electrons. The molecule has 0 rings (SSSR count). The molecule has 1 N–H and O–H groups in total. The van der Waals surface area contributed by atoms with Gasteiger partial charge in [0.15, 0.2) is 0 Å². The van der Waals surface area contributed by atoms with Crippen LogP contribution >= 0.6 is 0 Å². The predicted molar refractivity (Wildman–Crippen MR) is 34.3 cm³/mol. The van der Waals surface area contributed by atoms with Crippen LogP contribution in [-0.4, -0.2) is 11.7 Å². The van der Waals surface area contributed by atoms with Crippen LogP contribution in [0.4, 0.5) is 0 Å². The highest BCUT2D eigenvalue weighted by Gasteiger charge is 1.60. The number of hydrogen-bond acceptors (Lipinski definition) is 1. The van der Waals surface area contributed by atoms with Crippen LogP contribution in [0.15, 0.2) is 12.2 Å². The summed E-state index contributed by atoms with van der Waals surface area (Å²) in [6.07, 6.45) is 4.14. The molecule has 1 heteroatoms. The first kappa shape index (κ1) is 7.26. The van der Waals surface area contributed by atoms with Crippen molar-refractivity contribution in [1.29, 1.82) is 0 Å². The summed E-state index contributed by atoms with van der Waals surface area (Å²) < 4.78 is 0. The Morgan fingerprint density at radius 1 is 1.62 bits per heavy atom. The van der Waals surface area contributed by atoms with Gasteiger partial charge < -0.3 is 5.11 Å². The lowest BCUT2D eigenvalue weighted by atomic mass is 10.4. The van der Waals surface area contributed by atoms with Crippen molar-refractivity contribution in [1.82, 2.24) is 0 Å². The van der Waals surface area contributed by atoms with Crippen molar-refractivity contribution in [3.63, 3.8) is 0 Å². The van der Waals surface area contributed by atoms with Gasteiger partial charge in [-0.2, -0.15) is 0 Å². The van der Waals surface area contributed by atoms with Crippen LogP contribution in [0.5, 0.6) is 0 Å². The van der Waals surface area contributed by atoms with Gasteiger partial charge in [-0.1, -0.05) is 24.8 Å². The molecule has 0 heterocycles. The van der Waals surface area contributed by atoms with E-state index in [1.807, 2.05) is 6.92 Å². The zero-order valence-corrected chi connectivity index (χ0v) is 5.02. The third-order valence-electron chi connectivity index (χ3n) is 0.585. The first-order valence-corrected chi connectivity index (χ1v) is 2.66. The van der Waals surface area contributed by atoms with Gasteiger partial charge in [-0.3, -0.25) is 0 Å². The van der Waals surface area contributed by atoms with Crippen LogP contribution in [-0.2, 0) is 0 Å². The summed E-state index contributed by atoms with van der Waals surface area (Å²) in [7, 11) is 0. The highest BCUT2D eigenvalue weighted by molar-refractivity contribution is 5.14. The van der Waals surface area contributed by atoms with Crippen LogP contribution in [0, 0.1) is 11.8 Å². The minimum absolute atomic E-state index is 0.0817. The average Bonchev–Trinajstić information content (AvgIpc) is 1.81. The summed E-state index contributed by atoms with van der Waals surface area (Å²) >= 11 is 0. The van der Waals surface area contributed by atoms with E-state index in [0.29, 0.717) is 0 Å². The first-order chi connectivity index (χ1) is 3.91. The fraction of sp³-hybridized carbons (Fsp3) is 0.429. The van der Waals surface area contributed by atoms with E-state index in [1.165, 1.54) is 0 Å². The molecular formula is C7H10O. The molecule has 0 aromatic heterocycles. The highest BCUT2D eigenvalue weighted by atomic mass is 16.2. The van der Waals surface area contributed by atoms with E-state index < -0.39 is 0 Å². The molecule has 0 fully saturated rings. The summed E-state index contributed by atoms with van der Waals surface area (Å²) in [5.41, 5.74) is 0. The van der Waals surface area contributed by atoms with E-state index in [4.69, 9.17) is 5.11 Å². The van der Waals surface area contributed by atoms with Gasteiger partial charge in [0.2, 0.25) is 0 Å². The molecule has 0 amide bonds. The van der Waals surface area contributed by atoms with E-state index in [-0.39, 0.29) is 6.61 Å². The second-order valence-corrected chi connectivity index (χ2v) is 1.26. The lowest BCUT2D eigenvalue weighted by molar-refractivity contribution is 0.343. The molecule has 0 aromatic rings. The molecule has 0 aliphatic carbocycles. The minimum Gasteiger partial charge on any atom is -0.392 e. The fourth-order valence-electron chi connectivity index (χ4n) is 0.273. The normalized spacial score (nSPS) is 8.75. The zero-order valence-electron chi connectivity index (χ0n) is 5.02. The fourth-order valence-corrected chi connectivity index (χ4v) is 0.273. The Labute approximate surface area is 50.0 Å². The molecule has 0 radical (unpaired) electrons. The third-order valence-corrected chi connectivity index (χ3v) is 0.585. The first-order valence-electron chi connectivity index (χ1n) is 2.66. The largest absolute Gasteiger partial charge is 0.392 e. The van der Waals surface area contributed by atoms with Gasteiger partial charge in [-0.25, -0.2) is 0 Å². The summed E-state index contributed by atoms with van der Waals surface area (Å²) in [6.45, 7) is 2.07. The maximum atomic E-state index is 8.21. The maximum absolute atomic E-state index is 8.21. The molecule has 0 aliphatic rings. The maximum Gasteiger partial charge on any atom is 0.0621 e. The van der Waals surface area contributed by atoms with Crippen LogP contribution in [0.3, 0.4) is 0 Å². The van der Waals surface area contributed by atoms with E-state index in [0.717, 1.165) is 6.42 Å². The Kier molecular flexibility index (Phi) is 5.68. The molecule has 8 heavy (non-hydrogen) atoms. The predicted octanol–water partition coefficient (Wildman–Crippen LogP) is 0.948. The van der Waals surface area contributed by atoms with Crippen molar-refractivity contribution in [3.8, 4) is 11.8 Å². The van der Waals surface area contributed by atoms with Crippen molar-refractivity contribution in [2.24, 2.45) is 0 Å². The molecule has 0 aromatic carbocycles. The number of rotatable bonds is 1. The lowest BCUT2D eigenvalue weighted by Crippen LogP contribution is -1.67. The van der Waals surface area contributed by atoms with Crippen molar-refractivity contribution in [2.45, 2.75) is 13.3 Å². The summed E-state index contributed by atoms with van der Waals surface area (Å²) in [5, 5.41) is 8.21. The van der Waals surface area contributed by atoms with E-state index in [1.54, 1.807) is 12.2 Å². The van der Waals surface area contributed by atoms with Crippen molar-refractivity contribution in [3.05, 3.63) is 12.2 Å². The van der Waals surface area contributed by atoms with Crippen LogP contribution in [0.1, 0.15) is 13.3 Å². The van der Waals surface area contributed by atoms with E-state index in [9.17, 15) is 0 Å². The molecule has 0 bridgehead atoms. The summed E-state index contributed by atoms with van der Waals surface area (Å²) in [4.78, 5) is 0. The van der Waals surface area contributed by atoms with Gasteiger partial charge in [-0.15, -0.1) is 0 Å². The van der Waals surface area contributed by atoms with Gasteiger partial charge in [-0.05, 0) is 6.08 Å². The van der Waals surface area contributed by atoms with Gasteiger partial charge in [0.1, 0.15) is 0 Å². The van der Waals surface area contributed by atoms with Crippen LogP contribution < -0.4 is 0 Å². The topological polar surface area (TPSA) is 20.2 Å².